The maximum absolute atomic E-state index is 11.6. The molecule has 0 unspecified atom stereocenters. The van der Waals surface area contributed by atoms with Crippen molar-refractivity contribution >= 4 is 11.9 Å². The molecule has 0 atom stereocenters. The van der Waals surface area contributed by atoms with E-state index in [-0.39, 0.29) is 18.0 Å². The number of guanidine groups is 1. The van der Waals surface area contributed by atoms with Crippen LogP contribution in [0.15, 0.2) is 4.99 Å². The second-order valence-corrected chi connectivity index (χ2v) is 6.33. The zero-order valence-electron chi connectivity index (χ0n) is 12.5. The number of carbonyl (C=O) groups is 1. The molecule has 0 aromatic heterocycles. The third-order valence-electron chi connectivity index (χ3n) is 3.11. The van der Waals surface area contributed by atoms with Gasteiger partial charge in [-0.05, 0) is 33.6 Å². The Morgan fingerprint density at radius 1 is 1.21 bits per heavy atom. The molecular weight excluding hydrogens is 240 g/mol. The van der Waals surface area contributed by atoms with Gasteiger partial charge in [0.15, 0.2) is 5.96 Å². The van der Waals surface area contributed by atoms with Gasteiger partial charge in [-0.1, -0.05) is 25.7 Å². The van der Waals surface area contributed by atoms with Crippen molar-refractivity contribution < 1.29 is 4.79 Å². The van der Waals surface area contributed by atoms with Crippen LogP contribution in [0.2, 0.25) is 0 Å². The number of nitrogens with one attached hydrogen (secondary N) is 2. The van der Waals surface area contributed by atoms with Gasteiger partial charge in [0.25, 0.3) is 0 Å². The second kappa shape index (κ2) is 7.36. The molecule has 0 spiro atoms. The Kier molecular flexibility index (Phi) is 6.12. The van der Waals surface area contributed by atoms with Crippen LogP contribution in [0.1, 0.15) is 59.3 Å². The topological polar surface area (TPSA) is 79.5 Å². The summed E-state index contributed by atoms with van der Waals surface area (Å²) >= 11 is 0. The number of carbonyl (C=O) groups excluding carboxylic acids is 1. The largest absolute Gasteiger partial charge is 0.370 e. The summed E-state index contributed by atoms with van der Waals surface area (Å²) in [5.41, 5.74) is 5.60. The molecule has 0 aliphatic heterocycles. The van der Waals surface area contributed by atoms with Crippen LogP contribution in [0.25, 0.3) is 0 Å². The number of hydrogen-bond donors (Lipinski definition) is 3. The van der Waals surface area contributed by atoms with Gasteiger partial charge in [-0.15, -0.1) is 0 Å². The zero-order chi connectivity index (χ0) is 14.3. The molecule has 0 heterocycles. The molecule has 1 aliphatic rings. The van der Waals surface area contributed by atoms with Crippen LogP contribution < -0.4 is 16.4 Å². The van der Waals surface area contributed by atoms with Crippen LogP contribution in [0.4, 0.5) is 0 Å². The minimum Gasteiger partial charge on any atom is -0.370 e. The average molecular weight is 268 g/mol. The Bertz CT molecular complexity index is 312. The standard InChI is InChI=1S/C14H28N4O/c1-14(2,3)18-12(19)10-16-13(15)17-11-8-6-4-5-7-9-11/h11H,4-10H2,1-3H3,(H,18,19)(H3,15,16,17). The number of nitrogens with two attached hydrogens (primary N) is 1. The summed E-state index contributed by atoms with van der Waals surface area (Å²) in [5, 5.41) is 6.08. The lowest BCUT2D eigenvalue weighted by Crippen LogP contribution is -2.43. The van der Waals surface area contributed by atoms with E-state index in [2.05, 4.69) is 15.6 Å². The Morgan fingerprint density at radius 3 is 2.32 bits per heavy atom. The highest BCUT2D eigenvalue weighted by molar-refractivity contribution is 5.84. The molecule has 0 aromatic carbocycles. The van der Waals surface area contributed by atoms with Crippen molar-refractivity contribution in [2.75, 3.05) is 6.54 Å². The Balaban J connectivity index is 2.33. The van der Waals surface area contributed by atoms with E-state index in [1.54, 1.807) is 0 Å². The number of aliphatic imine (C=N–C) groups is 1. The van der Waals surface area contributed by atoms with E-state index in [1.807, 2.05) is 20.8 Å². The van der Waals surface area contributed by atoms with Gasteiger partial charge in [0.05, 0.1) is 0 Å². The van der Waals surface area contributed by atoms with Gasteiger partial charge < -0.3 is 16.4 Å². The van der Waals surface area contributed by atoms with Crippen LogP contribution in [-0.4, -0.2) is 30.0 Å². The Labute approximate surface area is 116 Å². The van der Waals surface area contributed by atoms with Crippen molar-refractivity contribution in [3.63, 3.8) is 0 Å². The van der Waals surface area contributed by atoms with Crippen molar-refractivity contribution in [3.8, 4) is 0 Å². The predicted molar refractivity (Wildman–Crippen MR) is 79.0 cm³/mol. The summed E-state index contributed by atoms with van der Waals surface area (Å²) in [4.78, 5) is 15.7. The summed E-state index contributed by atoms with van der Waals surface area (Å²) in [7, 11) is 0. The SMILES string of the molecule is CC(C)(C)NC(=O)CN=C(N)NC1CCCCCC1. The van der Waals surface area contributed by atoms with Gasteiger partial charge >= 0.3 is 0 Å². The average Bonchev–Trinajstić information content (AvgIpc) is 2.53. The lowest BCUT2D eigenvalue weighted by Gasteiger charge is -2.20. The lowest BCUT2D eigenvalue weighted by molar-refractivity contribution is -0.121. The van der Waals surface area contributed by atoms with Gasteiger partial charge in [-0.25, -0.2) is 4.99 Å². The smallest absolute Gasteiger partial charge is 0.242 e. The van der Waals surface area contributed by atoms with E-state index in [4.69, 9.17) is 5.73 Å². The number of hydrogen-bond acceptors (Lipinski definition) is 2. The molecule has 5 nitrogen and oxygen atoms in total. The first-order chi connectivity index (χ1) is 8.87. The summed E-state index contributed by atoms with van der Waals surface area (Å²) in [5.74, 6) is 0.286. The van der Waals surface area contributed by atoms with Crippen molar-refractivity contribution in [1.29, 1.82) is 0 Å². The molecule has 1 rings (SSSR count). The van der Waals surface area contributed by atoms with E-state index in [0.29, 0.717) is 12.0 Å². The Hall–Kier alpha value is -1.26. The van der Waals surface area contributed by atoms with Crippen LogP contribution in [0.3, 0.4) is 0 Å². The van der Waals surface area contributed by atoms with Crippen LogP contribution in [-0.2, 0) is 4.79 Å². The molecule has 1 amide bonds. The molecule has 0 saturated heterocycles. The highest BCUT2D eigenvalue weighted by atomic mass is 16.2. The molecule has 0 bridgehead atoms. The monoisotopic (exact) mass is 268 g/mol. The quantitative estimate of drug-likeness (QED) is 0.412. The minimum atomic E-state index is -0.226. The Morgan fingerprint density at radius 2 is 1.79 bits per heavy atom. The molecule has 1 aliphatic carbocycles. The first-order valence-electron chi connectivity index (χ1n) is 7.24. The van der Waals surface area contributed by atoms with E-state index >= 15 is 0 Å². The molecule has 1 saturated carbocycles. The first-order valence-corrected chi connectivity index (χ1v) is 7.24. The number of rotatable bonds is 3. The molecule has 5 heteroatoms. The van der Waals surface area contributed by atoms with Gasteiger partial charge in [0, 0.05) is 11.6 Å². The van der Waals surface area contributed by atoms with Gasteiger partial charge in [0.2, 0.25) is 5.91 Å². The number of amides is 1. The van der Waals surface area contributed by atoms with Crippen molar-refractivity contribution in [2.45, 2.75) is 70.9 Å². The number of nitrogens with zero attached hydrogens (tertiary/aromatic N) is 1. The molecule has 0 radical (unpaired) electrons. The summed E-state index contributed by atoms with van der Waals surface area (Å²) in [6, 6.07) is 0.414. The molecule has 110 valence electrons. The predicted octanol–water partition coefficient (Wildman–Crippen LogP) is 1.53. The summed E-state index contributed by atoms with van der Waals surface area (Å²) in [6.07, 6.45) is 7.40. The highest BCUT2D eigenvalue weighted by Gasteiger charge is 2.14. The van der Waals surface area contributed by atoms with E-state index in [1.165, 1.54) is 25.7 Å². The minimum absolute atomic E-state index is 0.0861. The van der Waals surface area contributed by atoms with Crippen molar-refractivity contribution in [2.24, 2.45) is 10.7 Å². The normalized spacial score (nSPS) is 18.8. The van der Waals surface area contributed by atoms with Crippen molar-refractivity contribution in [3.05, 3.63) is 0 Å². The molecule has 0 aromatic rings. The van der Waals surface area contributed by atoms with E-state index < -0.39 is 0 Å². The van der Waals surface area contributed by atoms with Gasteiger partial charge in [0.1, 0.15) is 6.54 Å². The fourth-order valence-electron chi connectivity index (χ4n) is 2.29. The molecule has 4 N–H and O–H groups in total. The fraction of sp³-hybridized carbons (Fsp3) is 0.857. The van der Waals surface area contributed by atoms with Gasteiger partial charge in [-0.2, -0.15) is 0 Å². The maximum Gasteiger partial charge on any atom is 0.242 e. The lowest BCUT2D eigenvalue weighted by atomic mass is 10.1. The van der Waals surface area contributed by atoms with Crippen LogP contribution in [0, 0.1) is 0 Å². The second-order valence-electron chi connectivity index (χ2n) is 6.33. The van der Waals surface area contributed by atoms with Gasteiger partial charge in [-0.3, -0.25) is 4.79 Å². The molecule has 19 heavy (non-hydrogen) atoms. The maximum atomic E-state index is 11.6. The van der Waals surface area contributed by atoms with E-state index in [0.717, 1.165) is 12.8 Å². The highest BCUT2D eigenvalue weighted by Crippen LogP contribution is 2.16. The molecule has 1 fully saturated rings. The first kappa shape index (κ1) is 15.8. The zero-order valence-corrected chi connectivity index (χ0v) is 12.5. The summed E-state index contributed by atoms with van der Waals surface area (Å²) in [6.45, 7) is 5.92. The van der Waals surface area contributed by atoms with Crippen LogP contribution >= 0.6 is 0 Å². The molecular formula is C14H28N4O. The van der Waals surface area contributed by atoms with Crippen molar-refractivity contribution in [1.82, 2.24) is 10.6 Å². The third kappa shape index (κ3) is 7.70. The van der Waals surface area contributed by atoms with E-state index in [9.17, 15) is 4.79 Å². The summed E-state index contributed by atoms with van der Waals surface area (Å²) < 4.78 is 0. The third-order valence-corrected chi connectivity index (χ3v) is 3.11. The van der Waals surface area contributed by atoms with Crippen LogP contribution in [0.5, 0.6) is 0 Å². The fourth-order valence-corrected chi connectivity index (χ4v) is 2.29.